The number of methoxy groups -OCH3 is 1. The van der Waals surface area contributed by atoms with Gasteiger partial charge in [-0.3, -0.25) is 0 Å². The van der Waals surface area contributed by atoms with Crippen molar-refractivity contribution >= 4 is 16.6 Å². The first-order valence-corrected chi connectivity index (χ1v) is 12.2. The summed E-state index contributed by atoms with van der Waals surface area (Å²) in [5, 5.41) is 0. The number of hydrogen-bond acceptors (Lipinski definition) is 3. The fourth-order valence-corrected chi connectivity index (χ4v) is 9.10. The number of rotatable bonds is 8. The fraction of sp³-hybridized carbons (Fsp3) is 0.818. The SMILES string of the molecule is COCCO/C=C/C[Si](C)(C)O[Si](C)(C)C. The molecule has 16 heavy (non-hydrogen) atoms. The van der Waals surface area contributed by atoms with Gasteiger partial charge in [0, 0.05) is 7.11 Å². The molecule has 0 heterocycles. The molecule has 0 unspecified atom stereocenters. The number of ether oxygens (including phenoxy) is 2. The lowest BCUT2D eigenvalue weighted by Gasteiger charge is -2.30. The molecule has 0 aliphatic carbocycles. The van der Waals surface area contributed by atoms with Crippen LogP contribution in [0, 0.1) is 0 Å². The summed E-state index contributed by atoms with van der Waals surface area (Å²) in [6.45, 7) is 12.5. The van der Waals surface area contributed by atoms with Crippen molar-refractivity contribution in [1.82, 2.24) is 0 Å². The molecule has 0 aromatic heterocycles. The van der Waals surface area contributed by atoms with Crippen LogP contribution in [0.25, 0.3) is 0 Å². The minimum absolute atomic E-state index is 0.615. The van der Waals surface area contributed by atoms with Crippen LogP contribution in [0.15, 0.2) is 12.3 Å². The molecule has 0 radical (unpaired) electrons. The van der Waals surface area contributed by atoms with Gasteiger partial charge in [-0.1, -0.05) is 6.08 Å². The normalized spacial score (nSPS) is 13.4. The van der Waals surface area contributed by atoms with Crippen molar-refractivity contribution in [3.63, 3.8) is 0 Å². The van der Waals surface area contributed by atoms with Crippen LogP contribution in [0.5, 0.6) is 0 Å². The van der Waals surface area contributed by atoms with Crippen molar-refractivity contribution in [2.75, 3.05) is 20.3 Å². The Bertz CT molecular complexity index is 210. The van der Waals surface area contributed by atoms with Gasteiger partial charge in [0.05, 0.1) is 12.9 Å². The molecule has 0 saturated carbocycles. The van der Waals surface area contributed by atoms with E-state index in [2.05, 4.69) is 38.8 Å². The van der Waals surface area contributed by atoms with E-state index in [9.17, 15) is 0 Å². The average molecular weight is 262 g/mol. The highest BCUT2D eigenvalue weighted by atomic mass is 28.4. The summed E-state index contributed by atoms with van der Waals surface area (Å²) in [5.74, 6) is 0. The van der Waals surface area contributed by atoms with Crippen LogP contribution in [0.1, 0.15) is 0 Å². The third-order valence-corrected chi connectivity index (χ3v) is 7.67. The molecular weight excluding hydrogens is 236 g/mol. The predicted octanol–water partition coefficient (Wildman–Crippen LogP) is 3.22. The van der Waals surface area contributed by atoms with E-state index in [0.29, 0.717) is 13.2 Å². The molecule has 0 saturated heterocycles. The maximum absolute atomic E-state index is 6.20. The number of allylic oxidation sites excluding steroid dienone is 1. The zero-order valence-corrected chi connectivity index (χ0v) is 13.5. The second-order valence-corrected chi connectivity index (χ2v) is 14.4. The van der Waals surface area contributed by atoms with Crippen LogP contribution in [-0.4, -0.2) is 37.0 Å². The molecule has 0 aromatic carbocycles. The first-order valence-electron chi connectivity index (χ1n) is 5.72. The predicted molar refractivity (Wildman–Crippen MR) is 73.7 cm³/mol. The van der Waals surface area contributed by atoms with Gasteiger partial charge < -0.3 is 13.6 Å². The van der Waals surface area contributed by atoms with Gasteiger partial charge >= 0.3 is 0 Å². The monoisotopic (exact) mass is 262 g/mol. The summed E-state index contributed by atoms with van der Waals surface area (Å²) >= 11 is 0. The van der Waals surface area contributed by atoms with Gasteiger partial charge in [0.2, 0.25) is 0 Å². The van der Waals surface area contributed by atoms with Crippen molar-refractivity contribution in [2.45, 2.75) is 38.8 Å². The maximum Gasteiger partial charge on any atom is 0.177 e. The third-order valence-electron chi connectivity index (χ3n) is 1.79. The summed E-state index contributed by atoms with van der Waals surface area (Å²) in [4.78, 5) is 0. The quantitative estimate of drug-likeness (QED) is 0.382. The molecule has 0 aliphatic rings. The lowest BCUT2D eigenvalue weighted by molar-refractivity contribution is 0.123. The van der Waals surface area contributed by atoms with E-state index in [-0.39, 0.29) is 0 Å². The van der Waals surface area contributed by atoms with Crippen LogP contribution in [0.4, 0.5) is 0 Å². The summed E-state index contributed by atoms with van der Waals surface area (Å²) in [5.41, 5.74) is 0. The van der Waals surface area contributed by atoms with E-state index in [1.54, 1.807) is 13.4 Å². The van der Waals surface area contributed by atoms with Gasteiger partial charge in [-0.15, -0.1) is 0 Å². The first kappa shape index (κ1) is 15.9. The highest BCUT2D eigenvalue weighted by Gasteiger charge is 2.28. The van der Waals surface area contributed by atoms with Gasteiger partial charge in [0.25, 0.3) is 0 Å². The van der Waals surface area contributed by atoms with Crippen LogP contribution in [0.2, 0.25) is 38.8 Å². The van der Waals surface area contributed by atoms with E-state index in [0.717, 1.165) is 6.04 Å². The minimum atomic E-state index is -1.54. The Balaban J connectivity index is 3.81. The standard InChI is InChI=1S/C11H26O3Si2/c1-12-9-10-13-8-7-11-16(5,6)14-15(2,3)4/h7-8H,9-11H2,1-6H3/b8-7+. The van der Waals surface area contributed by atoms with Gasteiger partial charge in [0.15, 0.2) is 16.6 Å². The molecule has 0 fully saturated rings. The maximum atomic E-state index is 6.20. The van der Waals surface area contributed by atoms with E-state index in [4.69, 9.17) is 13.6 Å². The van der Waals surface area contributed by atoms with Crippen molar-refractivity contribution in [3.8, 4) is 0 Å². The van der Waals surface area contributed by atoms with Crippen molar-refractivity contribution in [1.29, 1.82) is 0 Å². The van der Waals surface area contributed by atoms with Crippen molar-refractivity contribution in [3.05, 3.63) is 12.3 Å². The molecule has 0 bridgehead atoms. The molecule has 0 amide bonds. The molecule has 0 rings (SSSR count). The average Bonchev–Trinajstić information content (AvgIpc) is 2.06. The van der Waals surface area contributed by atoms with Crippen molar-refractivity contribution in [2.24, 2.45) is 0 Å². The Morgan fingerprint density at radius 3 is 2.12 bits per heavy atom. The van der Waals surface area contributed by atoms with E-state index in [1.807, 2.05) is 0 Å². The molecule has 0 aliphatic heterocycles. The van der Waals surface area contributed by atoms with E-state index >= 15 is 0 Å². The molecule has 3 nitrogen and oxygen atoms in total. The fourth-order valence-electron chi connectivity index (χ4n) is 1.47. The van der Waals surface area contributed by atoms with E-state index < -0.39 is 16.6 Å². The third kappa shape index (κ3) is 10.4. The van der Waals surface area contributed by atoms with Gasteiger partial charge in [-0.2, -0.15) is 0 Å². The Morgan fingerprint density at radius 1 is 1.00 bits per heavy atom. The zero-order valence-electron chi connectivity index (χ0n) is 11.5. The summed E-state index contributed by atoms with van der Waals surface area (Å²) in [6.07, 6.45) is 3.84. The molecule has 96 valence electrons. The highest BCUT2D eigenvalue weighted by molar-refractivity contribution is 6.84. The highest BCUT2D eigenvalue weighted by Crippen LogP contribution is 2.18. The van der Waals surface area contributed by atoms with E-state index in [1.165, 1.54) is 0 Å². The van der Waals surface area contributed by atoms with Crippen molar-refractivity contribution < 1.29 is 13.6 Å². The Morgan fingerprint density at radius 2 is 1.62 bits per heavy atom. The Labute approximate surface area is 102 Å². The summed E-state index contributed by atoms with van der Waals surface area (Å²) < 4.78 is 16.4. The smallest absolute Gasteiger partial charge is 0.177 e. The lowest BCUT2D eigenvalue weighted by atomic mass is 10.7. The van der Waals surface area contributed by atoms with Crippen LogP contribution in [-0.2, 0) is 13.6 Å². The molecule has 0 spiro atoms. The second kappa shape index (κ2) is 7.26. The molecule has 0 atom stereocenters. The largest absolute Gasteiger partial charge is 0.499 e. The first-order chi connectivity index (χ1) is 7.27. The molecular formula is C11H26O3Si2. The van der Waals surface area contributed by atoms with Gasteiger partial charge in [-0.25, -0.2) is 0 Å². The Hall–Kier alpha value is -0.106. The van der Waals surface area contributed by atoms with Crippen LogP contribution in [0.3, 0.4) is 0 Å². The van der Waals surface area contributed by atoms with Crippen LogP contribution < -0.4 is 0 Å². The minimum Gasteiger partial charge on any atom is -0.499 e. The second-order valence-electron chi connectivity index (χ2n) is 5.41. The Kier molecular flexibility index (Phi) is 7.22. The topological polar surface area (TPSA) is 27.7 Å². The summed E-state index contributed by atoms with van der Waals surface area (Å²) in [7, 11) is -1.28. The number of hydrogen-bond donors (Lipinski definition) is 0. The zero-order chi connectivity index (χ0) is 12.7. The van der Waals surface area contributed by atoms with Gasteiger partial charge in [0.1, 0.15) is 6.61 Å². The molecule has 5 heteroatoms. The lowest BCUT2D eigenvalue weighted by Crippen LogP contribution is -2.41. The summed E-state index contributed by atoms with van der Waals surface area (Å²) in [6, 6.07) is 1.00. The van der Waals surface area contributed by atoms with Crippen LogP contribution >= 0.6 is 0 Å². The molecule has 0 aromatic rings. The molecule has 0 N–H and O–H groups in total. The van der Waals surface area contributed by atoms with Gasteiger partial charge in [-0.05, 0) is 38.8 Å².